The summed E-state index contributed by atoms with van der Waals surface area (Å²) < 4.78 is 5.29. The van der Waals surface area contributed by atoms with Gasteiger partial charge in [-0.15, -0.1) is 0 Å². The first-order valence-electron chi connectivity index (χ1n) is 7.23. The second-order valence-electron chi connectivity index (χ2n) is 5.36. The van der Waals surface area contributed by atoms with E-state index in [0.717, 1.165) is 30.8 Å². The molecule has 0 heterocycles. The Bertz CT molecular complexity index is 456. The van der Waals surface area contributed by atoms with Gasteiger partial charge in [0.05, 0.1) is 0 Å². The van der Waals surface area contributed by atoms with Crippen molar-refractivity contribution in [2.45, 2.75) is 25.8 Å². The highest BCUT2D eigenvalue weighted by Gasteiger charge is 2.25. The fourth-order valence-corrected chi connectivity index (χ4v) is 2.89. The maximum Gasteiger partial charge on any atom is 0.174 e. The smallest absolute Gasteiger partial charge is 0.174 e. The number of benzene rings is 1. The number of hydrogen-bond acceptors (Lipinski definition) is 4. The van der Waals surface area contributed by atoms with Crippen LogP contribution in [0.5, 0.6) is 5.75 Å². The lowest BCUT2D eigenvalue weighted by molar-refractivity contribution is 0.192. The predicted molar refractivity (Wildman–Crippen MR) is 77.2 cm³/mol. The largest absolute Gasteiger partial charge is 0.479 e. The van der Waals surface area contributed by atoms with Crippen LogP contribution >= 0.6 is 0 Å². The third kappa shape index (κ3) is 4.22. The van der Waals surface area contributed by atoms with Gasteiger partial charge in [0, 0.05) is 13.2 Å². The van der Waals surface area contributed by atoms with Crippen molar-refractivity contribution in [3.05, 3.63) is 29.8 Å². The summed E-state index contributed by atoms with van der Waals surface area (Å²) in [6.07, 6.45) is 3.60. The Morgan fingerprint density at radius 1 is 1.35 bits per heavy atom. The van der Waals surface area contributed by atoms with E-state index in [-0.39, 0.29) is 6.61 Å². The van der Waals surface area contributed by atoms with Crippen molar-refractivity contribution >= 4 is 0 Å². The molecular formula is C16H22N2O2. The lowest BCUT2D eigenvalue weighted by atomic mass is 9.97. The van der Waals surface area contributed by atoms with Gasteiger partial charge in [0.1, 0.15) is 11.8 Å². The van der Waals surface area contributed by atoms with Gasteiger partial charge in [0.15, 0.2) is 6.61 Å². The number of nitrogens with one attached hydrogen (secondary N) is 1. The molecule has 0 aliphatic heterocycles. The predicted octanol–water partition coefficient (Wildman–Crippen LogP) is 2.09. The molecule has 2 rings (SSSR count). The minimum absolute atomic E-state index is 0.0805. The molecule has 1 fully saturated rings. The number of hydrogen-bond donors (Lipinski definition) is 2. The quantitative estimate of drug-likeness (QED) is 0.799. The first kappa shape index (κ1) is 14.8. The molecule has 1 aromatic carbocycles. The Balaban J connectivity index is 1.77. The van der Waals surface area contributed by atoms with Crippen LogP contribution in [0.2, 0.25) is 0 Å². The van der Waals surface area contributed by atoms with Crippen LogP contribution in [-0.4, -0.2) is 24.9 Å². The van der Waals surface area contributed by atoms with E-state index in [9.17, 15) is 5.11 Å². The molecule has 0 saturated heterocycles. The maximum atomic E-state index is 9.30. The summed E-state index contributed by atoms with van der Waals surface area (Å²) in [5, 5.41) is 21.3. The Kier molecular flexibility index (Phi) is 5.85. The van der Waals surface area contributed by atoms with Crippen molar-refractivity contribution in [1.82, 2.24) is 5.32 Å². The number of nitriles is 1. The summed E-state index contributed by atoms with van der Waals surface area (Å²) in [5.74, 6) is 1.80. The van der Waals surface area contributed by atoms with Gasteiger partial charge in [-0.25, -0.2) is 0 Å². The van der Waals surface area contributed by atoms with Crippen molar-refractivity contribution in [2.75, 3.05) is 19.8 Å². The van der Waals surface area contributed by atoms with Crippen LogP contribution in [0, 0.1) is 23.2 Å². The molecule has 0 spiro atoms. The van der Waals surface area contributed by atoms with Crippen LogP contribution in [-0.2, 0) is 6.54 Å². The molecule has 1 saturated carbocycles. The van der Waals surface area contributed by atoms with Crippen molar-refractivity contribution in [2.24, 2.45) is 11.8 Å². The maximum absolute atomic E-state index is 9.30. The van der Waals surface area contributed by atoms with Crippen LogP contribution < -0.4 is 10.1 Å². The molecule has 0 radical (unpaired) electrons. The second kappa shape index (κ2) is 7.88. The van der Waals surface area contributed by atoms with E-state index in [1.807, 2.05) is 30.3 Å². The molecule has 20 heavy (non-hydrogen) atoms. The Morgan fingerprint density at radius 3 is 3.00 bits per heavy atom. The summed E-state index contributed by atoms with van der Waals surface area (Å²) in [7, 11) is 0. The lowest BCUT2D eigenvalue weighted by Crippen LogP contribution is -2.26. The number of rotatable bonds is 7. The van der Waals surface area contributed by atoms with Crippen LogP contribution in [0.25, 0.3) is 0 Å². The molecule has 1 aliphatic carbocycles. The molecule has 0 amide bonds. The van der Waals surface area contributed by atoms with E-state index in [1.165, 1.54) is 12.8 Å². The van der Waals surface area contributed by atoms with E-state index < -0.39 is 0 Å². The molecule has 2 atom stereocenters. The van der Waals surface area contributed by atoms with Gasteiger partial charge < -0.3 is 15.2 Å². The van der Waals surface area contributed by atoms with Gasteiger partial charge in [0.25, 0.3) is 0 Å². The first-order valence-corrected chi connectivity index (χ1v) is 7.23. The number of aliphatic hydroxyl groups is 1. The van der Waals surface area contributed by atoms with Crippen LogP contribution in [0.4, 0.5) is 0 Å². The molecule has 2 unspecified atom stereocenters. The summed E-state index contributed by atoms with van der Waals surface area (Å²) >= 11 is 0. The molecule has 108 valence electrons. The summed E-state index contributed by atoms with van der Waals surface area (Å²) in [4.78, 5) is 0. The second-order valence-corrected chi connectivity index (χ2v) is 5.36. The lowest BCUT2D eigenvalue weighted by Gasteiger charge is -2.18. The van der Waals surface area contributed by atoms with Crippen LogP contribution in [0.3, 0.4) is 0 Å². The molecule has 4 nitrogen and oxygen atoms in total. The van der Waals surface area contributed by atoms with Crippen molar-refractivity contribution in [1.29, 1.82) is 5.26 Å². The van der Waals surface area contributed by atoms with E-state index in [4.69, 9.17) is 10.00 Å². The molecule has 1 aliphatic rings. The third-order valence-corrected chi connectivity index (χ3v) is 3.99. The Labute approximate surface area is 120 Å². The molecule has 2 N–H and O–H groups in total. The SMILES string of the molecule is N#CCOc1cccc(CNCC2CCCC2CO)c1. The molecule has 0 bridgehead atoms. The first-order chi connectivity index (χ1) is 9.83. The van der Waals surface area contributed by atoms with E-state index in [0.29, 0.717) is 18.4 Å². The van der Waals surface area contributed by atoms with E-state index in [2.05, 4.69) is 5.32 Å². The zero-order chi connectivity index (χ0) is 14.2. The van der Waals surface area contributed by atoms with Crippen LogP contribution in [0.1, 0.15) is 24.8 Å². The third-order valence-electron chi connectivity index (χ3n) is 3.99. The number of nitrogens with zero attached hydrogens (tertiary/aromatic N) is 1. The monoisotopic (exact) mass is 274 g/mol. The fourth-order valence-electron chi connectivity index (χ4n) is 2.89. The van der Waals surface area contributed by atoms with Crippen molar-refractivity contribution in [3.63, 3.8) is 0 Å². The topological polar surface area (TPSA) is 65.3 Å². The average Bonchev–Trinajstić information content (AvgIpc) is 2.93. The summed E-state index contributed by atoms with van der Waals surface area (Å²) in [6, 6.07) is 9.77. The molecule has 0 aromatic heterocycles. The number of aliphatic hydroxyl groups excluding tert-OH is 1. The standard InChI is InChI=1S/C16H22N2O2/c17-7-8-20-16-6-1-3-13(9-16)10-18-11-14-4-2-5-15(14)12-19/h1,3,6,9,14-15,18-19H,2,4-5,8,10-12H2. The van der Waals surface area contributed by atoms with Gasteiger partial charge >= 0.3 is 0 Å². The molecule has 1 aromatic rings. The zero-order valence-electron chi connectivity index (χ0n) is 11.7. The van der Waals surface area contributed by atoms with Gasteiger partial charge in [-0.2, -0.15) is 5.26 Å². The zero-order valence-corrected chi connectivity index (χ0v) is 11.7. The molecular weight excluding hydrogens is 252 g/mol. The van der Waals surface area contributed by atoms with Crippen LogP contribution in [0.15, 0.2) is 24.3 Å². The highest BCUT2D eigenvalue weighted by atomic mass is 16.5. The Morgan fingerprint density at radius 2 is 2.20 bits per heavy atom. The summed E-state index contributed by atoms with van der Waals surface area (Å²) in [6.45, 7) is 2.13. The minimum atomic E-state index is 0.0805. The van der Waals surface area contributed by atoms with E-state index in [1.54, 1.807) is 0 Å². The molecule has 4 heteroatoms. The average molecular weight is 274 g/mol. The van der Waals surface area contributed by atoms with Gasteiger partial charge in [-0.1, -0.05) is 18.6 Å². The van der Waals surface area contributed by atoms with Gasteiger partial charge in [-0.05, 0) is 48.9 Å². The highest BCUT2D eigenvalue weighted by Crippen LogP contribution is 2.30. The van der Waals surface area contributed by atoms with Gasteiger partial charge in [-0.3, -0.25) is 0 Å². The van der Waals surface area contributed by atoms with Gasteiger partial charge in [0.2, 0.25) is 0 Å². The number of ether oxygens (including phenoxy) is 1. The Hall–Kier alpha value is -1.57. The summed E-state index contributed by atoms with van der Waals surface area (Å²) in [5.41, 5.74) is 1.15. The van der Waals surface area contributed by atoms with E-state index >= 15 is 0 Å². The fraction of sp³-hybridized carbons (Fsp3) is 0.562. The normalized spacial score (nSPS) is 21.6. The minimum Gasteiger partial charge on any atom is -0.479 e. The highest BCUT2D eigenvalue weighted by molar-refractivity contribution is 5.28. The van der Waals surface area contributed by atoms with Crippen molar-refractivity contribution < 1.29 is 9.84 Å². The van der Waals surface area contributed by atoms with Crippen molar-refractivity contribution in [3.8, 4) is 11.8 Å².